The molecule has 0 aromatic rings. The van der Waals surface area contributed by atoms with Crippen LogP contribution in [0.1, 0.15) is 201 Å². The molecule has 0 amide bonds. The van der Waals surface area contributed by atoms with Gasteiger partial charge in [-0.2, -0.15) is 0 Å². The average Bonchev–Trinajstić information content (AvgIpc) is 3.27. The molecule has 0 aromatic heterocycles. The van der Waals surface area contributed by atoms with Gasteiger partial charge in [0, 0.05) is 19.4 Å². The van der Waals surface area contributed by atoms with E-state index in [-0.39, 0.29) is 25.2 Å². The fourth-order valence-corrected chi connectivity index (χ4v) is 6.35. The topological polar surface area (TPSA) is 61.8 Å². The van der Waals surface area contributed by atoms with Crippen molar-refractivity contribution in [3.63, 3.8) is 0 Å². The van der Waals surface area contributed by atoms with Gasteiger partial charge >= 0.3 is 11.9 Å². The maximum atomic E-state index is 12.8. The van der Waals surface area contributed by atoms with Crippen molar-refractivity contribution in [2.45, 2.75) is 207 Å². The lowest BCUT2D eigenvalue weighted by Crippen LogP contribution is -2.30. The first kappa shape index (κ1) is 58.3. The molecule has 0 rings (SSSR count). The predicted molar refractivity (Wildman–Crippen MR) is 269 cm³/mol. The summed E-state index contributed by atoms with van der Waals surface area (Å²) in [6.45, 7) is 7.38. The summed E-state index contributed by atoms with van der Waals surface area (Å²) in [5.74, 6) is -0.481. The number of hydrogen-bond acceptors (Lipinski definition) is 5. The van der Waals surface area contributed by atoms with Crippen molar-refractivity contribution in [1.29, 1.82) is 0 Å². The summed E-state index contributed by atoms with van der Waals surface area (Å²) in [6, 6.07) is 0. The Hall–Kier alpha value is -3.70. The highest BCUT2D eigenvalue weighted by atomic mass is 16.6. The van der Waals surface area contributed by atoms with Crippen molar-refractivity contribution < 1.29 is 23.8 Å². The van der Waals surface area contributed by atoms with Gasteiger partial charge < -0.3 is 14.2 Å². The van der Waals surface area contributed by atoms with Crippen molar-refractivity contribution in [1.82, 2.24) is 0 Å². The molecule has 1 unspecified atom stereocenters. The fourth-order valence-electron chi connectivity index (χ4n) is 6.35. The summed E-state index contributed by atoms with van der Waals surface area (Å²) in [4.78, 5) is 25.4. The van der Waals surface area contributed by atoms with E-state index in [0.29, 0.717) is 19.4 Å². The van der Waals surface area contributed by atoms with Gasteiger partial charge in [-0.25, -0.2) is 0 Å². The van der Waals surface area contributed by atoms with Crippen LogP contribution in [0, 0.1) is 0 Å². The van der Waals surface area contributed by atoms with Gasteiger partial charge in [-0.1, -0.05) is 187 Å². The second-order valence-electron chi connectivity index (χ2n) is 15.9. The van der Waals surface area contributed by atoms with E-state index in [2.05, 4.69) is 142 Å². The fraction of sp³-hybridized carbons (Fsp3) is 0.614. The Bertz CT molecular complexity index is 1290. The summed E-state index contributed by atoms with van der Waals surface area (Å²) in [6.07, 6.45) is 72.1. The van der Waals surface area contributed by atoms with Gasteiger partial charge in [0.25, 0.3) is 0 Å². The zero-order chi connectivity index (χ0) is 44.9. The number of rotatable bonds is 44. The van der Waals surface area contributed by atoms with Crippen LogP contribution in [0.2, 0.25) is 0 Å². The third-order valence-electron chi connectivity index (χ3n) is 9.97. The van der Waals surface area contributed by atoms with E-state index in [4.69, 9.17) is 14.2 Å². The van der Waals surface area contributed by atoms with Crippen LogP contribution in [0.15, 0.2) is 122 Å². The molecule has 0 saturated heterocycles. The van der Waals surface area contributed by atoms with Crippen LogP contribution >= 0.6 is 0 Å². The summed E-state index contributed by atoms with van der Waals surface area (Å²) in [7, 11) is 0. The van der Waals surface area contributed by atoms with E-state index in [1.807, 2.05) is 0 Å². The summed E-state index contributed by atoms with van der Waals surface area (Å²) < 4.78 is 17.3. The smallest absolute Gasteiger partial charge is 0.306 e. The Labute approximate surface area is 382 Å². The Morgan fingerprint density at radius 2 is 0.677 bits per heavy atom. The number of unbranched alkanes of at least 4 members (excludes halogenated alkanes) is 13. The minimum absolute atomic E-state index is 0.0433. The Morgan fingerprint density at radius 1 is 0.355 bits per heavy atom. The highest BCUT2D eigenvalue weighted by molar-refractivity contribution is 5.70. The lowest BCUT2D eigenvalue weighted by Gasteiger charge is -2.18. The SMILES string of the molecule is CC/C=C\C/C=C\C/C=C\C/C=C\CCCCC(=O)OCC(COCCCCCCCC/C=C\C/C=C\C/C=C\CC)OC(=O)CCCCCCC/C=C\C/C=C\C/C=C\CC. The second-order valence-corrected chi connectivity index (χ2v) is 15.9. The highest BCUT2D eigenvalue weighted by Crippen LogP contribution is 2.12. The number of carbonyl (C=O) groups is 2. The van der Waals surface area contributed by atoms with Crippen molar-refractivity contribution in [2.24, 2.45) is 0 Å². The molecule has 0 saturated carbocycles. The molecule has 0 aliphatic carbocycles. The van der Waals surface area contributed by atoms with Crippen molar-refractivity contribution in [2.75, 3.05) is 19.8 Å². The lowest BCUT2D eigenvalue weighted by atomic mass is 10.1. The predicted octanol–water partition coefficient (Wildman–Crippen LogP) is 17.0. The van der Waals surface area contributed by atoms with Crippen LogP contribution in [-0.4, -0.2) is 37.9 Å². The van der Waals surface area contributed by atoms with Gasteiger partial charge in [-0.3, -0.25) is 9.59 Å². The summed E-state index contributed by atoms with van der Waals surface area (Å²) in [5, 5.41) is 0. The maximum absolute atomic E-state index is 12.8. The average molecular weight is 857 g/mol. The van der Waals surface area contributed by atoms with Gasteiger partial charge in [-0.15, -0.1) is 0 Å². The Morgan fingerprint density at radius 3 is 1.11 bits per heavy atom. The van der Waals surface area contributed by atoms with Gasteiger partial charge in [-0.05, 0) is 122 Å². The minimum atomic E-state index is -0.577. The van der Waals surface area contributed by atoms with Crippen LogP contribution in [0.4, 0.5) is 0 Å². The molecule has 0 fully saturated rings. The molecular weight excluding hydrogens is 765 g/mol. The van der Waals surface area contributed by atoms with Crippen molar-refractivity contribution in [3.8, 4) is 0 Å². The normalized spacial score (nSPS) is 13.3. The van der Waals surface area contributed by atoms with E-state index in [1.165, 1.54) is 38.5 Å². The molecule has 62 heavy (non-hydrogen) atoms. The quantitative estimate of drug-likeness (QED) is 0.0347. The molecule has 0 aliphatic rings. The van der Waals surface area contributed by atoms with Gasteiger partial charge in [0.15, 0.2) is 6.10 Å². The summed E-state index contributed by atoms with van der Waals surface area (Å²) in [5.41, 5.74) is 0. The number of esters is 2. The third-order valence-corrected chi connectivity index (χ3v) is 9.97. The molecule has 5 heteroatoms. The Balaban J connectivity index is 4.42. The van der Waals surface area contributed by atoms with E-state index >= 15 is 0 Å². The van der Waals surface area contributed by atoms with Gasteiger partial charge in [0.1, 0.15) is 6.61 Å². The molecule has 0 N–H and O–H groups in total. The van der Waals surface area contributed by atoms with Crippen molar-refractivity contribution >= 4 is 11.9 Å². The number of carbonyl (C=O) groups excluding carboxylic acids is 2. The monoisotopic (exact) mass is 857 g/mol. The molecule has 5 nitrogen and oxygen atoms in total. The molecule has 1 atom stereocenters. The zero-order valence-electron chi connectivity index (χ0n) is 40.1. The first-order chi connectivity index (χ1) is 30.6. The van der Waals surface area contributed by atoms with Crippen LogP contribution in [-0.2, 0) is 23.8 Å². The van der Waals surface area contributed by atoms with Crippen LogP contribution in [0.5, 0.6) is 0 Å². The lowest BCUT2D eigenvalue weighted by molar-refractivity contribution is -0.163. The van der Waals surface area contributed by atoms with Gasteiger partial charge in [0.05, 0.1) is 6.61 Å². The van der Waals surface area contributed by atoms with E-state index in [0.717, 1.165) is 128 Å². The minimum Gasteiger partial charge on any atom is -0.462 e. The molecule has 0 spiro atoms. The second kappa shape index (κ2) is 51.6. The molecule has 0 heterocycles. The van der Waals surface area contributed by atoms with Gasteiger partial charge in [0.2, 0.25) is 0 Å². The number of ether oxygens (including phenoxy) is 3. The molecule has 0 aromatic carbocycles. The van der Waals surface area contributed by atoms with Crippen LogP contribution in [0.3, 0.4) is 0 Å². The number of allylic oxidation sites excluding steroid dienone is 20. The molecule has 0 aliphatic heterocycles. The number of hydrogen-bond donors (Lipinski definition) is 0. The third kappa shape index (κ3) is 49.0. The van der Waals surface area contributed by atoms with E-state index in [1.54, 1.807) is 0 Å². The summed E-state index contributed by atoms with van der Waals surface area (Å²) >= 11 is 0. The van der Waals surface area contributed by atoms with E-state index < -0.39 is 6.10 Å². The first-order valence-corrected chi connectivity index (χ1v) is 25.1. The molecule has 0 bridgehead atoms. The van der Waals surface area contributed by atoms with E-state index in [9.17, 15) is 9.59 Å². The standard InChI is InChI=1S/C57H92O5/c1-4-7-10-13-16-19-22-25-28-31-34-37-40-43-46-49-52-60-53-55(62-57(59)51-48-45-42-39-36-33-30-27-24-21-18-15-12-9-6-3)54-61-56(58)50-47-44-41-38-35-32-29-26-23-20-17-14-11-8-5-2/h7-12,16-21,25-30,35,38,55H,4-6,13-15,22-24,31-34,36-37,39-54H2,1-3H3/b10-7-,11-8-,12-9-,19-16-,20-17-,21-18-,28-25-,29-26-,30-27-,38-35-. The van der Waals surface area contributed by atoms with Crippen molar-refractivity contribution in [3.05, 3.63) is 122 Å². The van der Waals surface area contributed by atoms with Crippen LogP contribution in [0.25, 0.3) is 0 Å². The largest absolute Gasteiger partial charge is 0.462 e. The Kier molecular flexibility index (Phi) is 48.6. The molecular formula is C57H92O5. The van der Waals surface area contributed by atoms with Crippen LogP contribution < -0.4 is 0 Å². The maximum Gasteiger partial charge on any atom is 0.306 e. The highest BCUT2D eigenvalue weighted by Gasteiger charge is 2.17. The molecule has 0 radical (unpaired) electrons. The first-order valence-electron chi connectivity index (χ1n) is 25.1. The zero-order valence-corrected chi connectivity index (χ0v) is 40.1. The molecule has 350 valence electrons.